The zero-order valence-electron chi connectivity index (χ0n) is 12.6. The molecule has 0 aromatic heterocycles. The molecule has 1 saturated heterocycles. The SMILES string of the molecule is CC(C)(C)OC(=O)N1CCC(CS(=O)(=O)CCN)CC1. The van der Waals surface area contributed by atoms with Gasteiger partial charge in [0.2, 0.25) is 0 Å². The molecule has 0 aliphatic carbocycles. The molecule has 1 aliphatic heterocycles. The maximum atomic E-state index is 11.9. The highest BCUT2D eigenvalue weighted by molar-refractivity contribution is 7.91. The van der Waals surface area contributed by atoms with Crippen molar-refractivity contribution < 1.29 is 17.9 Å². The lowest BCUT2D eigenvalue weighted by Gasteiger charge is -2.33. The van der Waals surface area contributed by atoms with Gasteiger partial charge in [-0.1, -0.05) is 0 Å². The predicted molar refractivity (Wildman–Crippen MR) is 78.2 cm³/mol. The molecule has 118 valence electrons. The van der Waals surface area contributed by atoms with Gasteiger partial charge in [-0.25, -0.2) is 13.2 Å². The molecule has 0 saturated carbocycles. The number of rotatable bonds is 4. The molecule has 0 bridgehead atoms. The summed E-state index contributed by atoms with van der Waals surface area (Å²) >= 11 is 0. The lowest BCUT2D eigenvalue weighted by molar-refractivity contribution is 0.0191. The van der Waals surface area contributed by atoms with Crippen LogP contribution in [0.15, 0.2) is 0 Å². The van der Waals surface area contributed by atoms with Crippen LogP contribution >= 0.6 is 0 Å². The van der Waals surface area contributed by atoms with Crippen molar-refractivity contribution in [3.05, 3.63) is 0 Å². The zero-order chi connectivity index (χ0) is 15.4. The summed E-state index contributed by atoms with van der Waals surface area (Å²) in [7, 11) is -3.06. The molecule has 0 atom stereocenters. The highest BCUT2D eigenvalue weighted by Crippen LogP contribution is 2.21. The van der Waals surface area contributed by atoms with Crippen LogP contribution in [0.5, 0.6) is 0 Å². The fraction of sp³-hybridized carbons (Fsp3) is 0.923. The fourth-order valence-corrected chi connectivity index (χ4v) is 3.81. The summed E-state index contributed by atoms with van der Waals surface area (Å²) in [5, 5.41) is 0. The van der Waals surface area contributed by atoms with E-state index in [9.17, 15) is 13.2 Å². The Labute approximate surface area is 121 Å². The Bertz CT molecular complexity index is 420. The normalized spacial score (nSPS) is 18.1. The molecule has 0 spiro atoms. The largest absolute Gasteiger partial charge is 0.444 e. The van der Waals surface area contributed by atoms with Crippen LogP contribution in [-0.4, -0.2) is 56.2 Å². The highest BCUT2D eigenvalue weighted by Gasteiger charge is 2.28. The number of amides is 1. The average molecular weight is 306 g/mol. The van der Waals surface area contributed by atoms with Crippen LogP contribution in [-0.2, 0) is 14.6 Å². The average Bonchev–Trinajstić information content (AvgIpc) is 2.26. The first-order valence-corrected chi connectivity index (χ1v) is 8.83. The number of ether oxygens (including phenoxy) is 1. The summed E-state index contributed by atoms with van der Waals surface area (Å²) in [4.78, 5) is 13.5. The van der Waals surface area contributed by atoms with E-state index in [-0.39, 0.29) is 30.1 Å². The van der Waals surface area contributed by atoms with Gasteiger partial charge in [0.1, 0.15) is 5.60 Å². The molecule has 1 fully saturated rings. The first-order valence-electron chi connectivity index (χ1n) is 7.01. The molecule has 1 aliphatic rings. The standard InChI is InChI=1S/C13H26N2O4S/c1-13(2,3)19-12(16)15-7-4-11(5-8-15)10-20(17,18)9-6-14/h11H,4-10,14H2,1-3H3. The second kappa shape index (κ2) is 6.76. The van der Waals surface area contributed by atoms with E-state index in [0.29, 0.717) is 25.9 Å². The van der Waals surface area contributed by atoms with Crippen molar-refractivity contribution in [3.63, 3.8) is 0 Å². The van der Waals surface area contributed by atoms with Crippen LogP contribution in [0.2, 0.25) is 0 Å². The monoisotopic (exact) mass is 306 g/mol. The molecule has 1 heterocycles. The van der Waals surface area contributed by atoms with Gasteiger partial charge < -0.3 is 15.4 Å². The van der Waals surface area contributed by atoms with Crippen molar-refractivity contribution in [2.45, 2.75) is 39.2 Å². The lowest BCUT2D eigenvalue weighted by atomic mass is 9.99. The van der Waals surface area contributed by atoms with Gasteiger partial charge in [-0.05, 0) is 39.5 Å². The van der Waals surface area contributed by atoms with Gasteiger partial charge in [0.05, 0.1) is 11.5 Å². The maximum absolute atomic E-state index is 11.9. The van der Waals surface area contributed by atoms with Crippen molar-refractivity contribution in [1.29, 1.82) is 0 Å². The van der Waals surface area contributed by atoms with Crippen molar-refractivity contribution in [1.82, 2.24) is 4.90 Å². The summed E-state index contributed by atoms with van der Waals surface area (Å²) in [6.45, 7) is 6.76. The number of likely N-dealkylation sites (tertiary alicyclic amines) is 1. The van der Waals surface area contributed by atoms with Crippen LogP contribution in [0.4, 0.5) is 4.79 Å². The Morgan fingerprint density at radius 3 is 2.30 bits per heavy atom. The highest BCUT2D eigenvalue weighted by atomic mass is 32.2. The number of nitrogens with zero attached hydrogens (tertiary/aromatic N) is 1. The summed E-state index contributed by atoms with van der Waals surface area (Å²) in [5.41, 5.74) is 4.79. The quantitative estimate of drug-likeness (QED) is 0.837. The van der Waals surface area contributed by atoms with E-state index in [4.69, 9.17) is 10.5 Å². The summed E-state index contributed by atoms with van der Waals surface area (Å²) in [5.74, 6) is 0.330. The summed E-state index contributed by atoms with van der Waals surface area (Å²) in [6.07, 6.45) is 1.08. The van der Waals surface area contributed by atoms with Crippen LogP contribution in [0.3, 0.4) is 0 Å². The van der Waals surface area contributed by atoms with Crippen molar-refractivity contribution in [2.24, 2.45) is 11.7 Å². The first-order chi connectivity index (χ1) is 9.13. The van der Waals surface area contributed by atoms with Gasteiger partial charge in [-0.15, -0.1) is 0 Å². The van der Waals surface area contributed by atoms with Gasteiger partial charge in [0.25, 0.3) is 0 Å². The van der Waals surface area contributed by atoms with Crippen LogP contribution in [0.25, 0.3) is 0 Å². The molecule has 7 heteroatoms. The van der Waals surface area contributed by atoms with E-state index in [0.717, 1.165) is 0 Å². The maximum Gasteiger partial charge on any atom is 0.410 e. The van der Waals surface area contributed by atoms with E-state index in [1.54, 1.807) is 4.90 Å². The number of hydrogen-bond donors (Lipinski definition) is 1. The zero-order valence-corrected chi connectivity index (χ0v) is 13.4. The topological polar surface area (TPSA) is 89.7 Å². The first kappa shape index (κ1) is 17.2. The Hall–Kier alpha value is -0.820. The minimum absolute atomic E-state index is 0.0410. The van der Waals surface area contributed by atoms with Crippen molar-refractivity contribution in [2.75, 3.05) is 31.1 Å². The molecule has 0 unspecified atom stereocenters. The molecular formula is C13H26N2O4S. The Morgan fingerprint density at radius 1 is 1.30 bits per heavy atom. The van der Waals surface area contributed by atoms with Crippen LogP contribution in [0, 0.1) is 5.92 Å². The Balaban J connectivity index is 2.42. The molecular weight excluding hydrogens is 280 g/mol. The molecule has 6 nitrogen and oxygen atoms in total. The molecule has 1 rings (SSSR count). The van der Waals surface area contributed by atoms with Crippen molar-refractivity contribution in [3.8, 4) is 0 Å². The number of nitrogens with two attached hydrogens (primary N) is 1. The molecule has 20 heavy (non-hydrogen) atoms. The number of piperidine rings is 1. The van der Waals surface area contributed by atoms with Gasteiger partial charge in [-0.2, -0.15) is 0 Å². The van der Waals surface area contributed by atoms with E-state index in [1.165, 1.54) is 0 Å². The van der Waals surface area contributed by atoms with Gasteiger partial charge in [-0.3, -0.25) is 0 Å². The fourth-order valence-electron chi connectivity index (χ4n) is 2.23. The van der Waals surface area contributed by atoms with Crippen LogP contribution in [0.1, 0.15) is 33.6 Å². The van der Waals surface area contributed by atoms with Gasteiger partial charge >= 0.3 is 6.09 Å². The molecule has 1 amide bonds. The third-order valence-corrected chi connectivity index (χ3v) is 5.02. The predicted octanol–water partition coefficient (Wildman–Crippen LogP) is 1.01. The molecule has 0 radical (unpaired) electrons. The third-order valence-electron chi connectivity index (χ3n) is 3.18. The minimum atomic E-state index is -3.06. The number of carbonyl (C=O) groups excluding carboxylic acids is 1. The molecule has 0 aromatic rings. The summed E-state index contributed by atoms with van der Waals surface area (Å²) < 4.78 is 28.7. The van der Waals surface area contributed by atoms with E-state index in [1.807, 2.05) is 20.8 Å². The minimum Gasteiger partial charge on any atom is -0.444 e. The number of carbonyl (C=O) groups is 1. The summed E-state index contributed by atoms with van der Waals surface area (Å²) in [6, 6.07) is 0. The molecule has 2 N–H and O–H groups in total. The second-order valence-electron chi connectivity index (χ2n) is 6.31. The van der Waals surface area contributed by atoms with Crippen LogP contribution < -0.4 is 5.73 Å². The van der Waals surface area contributed by atoms with Gasteiger partial charge in [0, 0.05) is 19.6 Å². The van der Waals surface area contributed by atoms with Gasteiger partial charge in [0.15, 0.2) is 9.84 Å². The second-order valence-corrected chi connectivity index (χ2v) is 8.54. The van der Waals surface area contributed by atoms with E-state index >= 15 is 0 Å². The van der Waals surface area contributed by atoms with Crippen molar-refractivity contribution >= 4 is 15.9 Å². The van der Waals surface area contributed by atoms with E-state index in [2.05, 4.69) is 0 Å². The smallest absolute Gasteiger partial charge is 0.410 e. The Morgan fingerprint density at radius 2 is 1.85 bits per heavy atom. The molecule has 0 aromatic carbocycles. The number of hydrogen-bond acceptors (Lipinski definition) is 5. The third kappa shape index (κ3) is 6.09. The Kier molecular flexibility index (Phi) is 5.82. The number of sulfone groups is 1. The lowest BCUT2D eigenvalue weighted by Crippen LogP contribution is -2.42. The van der Waals surface area contributed by atoms with E-state index < -0.39 is 15.4 Å².